The van der Waals surface area contributed by atoms with Gasteiger partial charge in [0.1, 0.15) is 17.2 Å². The maximum Gasteiger partial charge on any atom is 0.416 e. The van der Waals surface area contributed by atoms with Crippen LogP contribution in [0.4, 0.5) is 18.9 Å². The van der Waals surface area contributed by atoms with E-state index in [1.54, 1.807) is 36.4 Å². The second kappa shape index (κ2) is 11.7. The first-order valence-electron chi connectivity index (χ1n) is 10.1. The van der Waals surface area contributed by atoms with Gasteiger partial charge in [0.25, 0.3) is 5.91 Å². The third-order valence-electron chi connectivity index (χ3n) is 4.49. The molecule has 0 saturated heterocycles. The van der Waals surface area contributed by atoms with E-state index in [1.807, 2.05) is 0 Å². The van der Waals surface area contributed by atoms with Gasteiger partial charge in [-0.1, -0.05) is 47.5 Å². The number of hydrogen-bond acceptors (Lipinski definition) is 4. The highest BCUT2D eigenvalue weighted by Gasteiger charge is 2.32. The van der Waals surface area contributed by atoms with E-state index in [-0.39, 0.29) is 33.5 Å². The highest BCUT2D eigenvalue weighted by atomic mass is 35.5. The van der Waals surface area contributed by atoms with Gasteiger partial charge in [-0.25, -0.2) is 0 Å². The number of hydrogen-bond donors (Lipinski definition) is 3. The van der Waals surface area contributed by atoms with E-state index in [2.05, 4.69) is 10.3 Å². The molecule has 0 aliphatic heterocycles. The van der Waals surface area contributed by atoms with Gasteiger partial charge < -0.3 is 20.1 Å². The first kappa shape index (κ1) is 26.7. The van der Waals surface area contributed by atoms with Gasteiger partial charge in [0.2, 0.25) is 5.56 Å². The summed E-state index contributed by atoms with van der Waals surface area (Å²) in [4.78, 5) is 26.3. The van der Waals surface area contributed by atoms with Crippen LogP contribution in [0.25, 0.3) is 0 Å². The number of alkyl halides is 3. The zero-order valence-electron chi connectivity index (χ0n) is 18.1. The van der Waals surface area contributed by atoms with E-state index in [0.29, 0.717) is 11.1 Å². The number of benzene rings is 3. The van der Waals surface area contributed by atoms with Crippen molar-refractivity contribution in [2.45, 2.75) is 6.18 Å². The number of aromatic amines is 1. The van der Waals surface area contributed by atoms with Gasteiger partial charge in [-0.2, -0.15) is 13.2 Å². The first-order valence-corrected chi connectivity index (χ1v) is 10.9. The Morgan fingerprint density at radius 3 is 2.14 bits per heavy atom. The Hall–Kier alpha value is -3.95. The van der Waals surface area contributed by atoms with Crippen LogP contribution < -0.4 is 15.6 Å². The third-order valence-corrected chi connectivity index (χ3v) is 5.13. The molecular weight excluding hydrogens is 520 g/mol. The van der Waals surface area contributed by atoms with Gasteiger partial charge in [0, 0.05) is 18.0 Å². The van der Waals surface area contributed by atoms with E-state index in [0.717, 1.165) is 18.2 Å². The Balaban J connectivity index is 0.000000383. The molecule has 36 heavy (non-hydrogen) atoms. The number of pyridine rings is 1. The fourth-order valence-corrected chi connectivity index (χ4v) is 3.10. The quantitative estimate of drug-likeness (QED) is 0.258. The normalized spacial score (nSPS) is 10.7. The van der Waals surface area contributed by atoms with Crippen LogP contribution in [0, 0.1) is 0 Å². The maximum absolute atomic E-state index is 13.1. The van der Waals surface area contributed by atoms with Crippen molar-refractivity contribution in [3.63, 3.8) is 0 Å². The Bertz CT molecular complexity index is 1400. The minimum atomic E-state index is -4.65. The molecule has 0 aliphatic rings. The van der Waals surface area contributed by atoms with Gasteiger partial charge >= 0.3 is 6.18 Å². The number of para-hydroxylation sites is 2. The average molecular weight is 537 g/mol. The Kier molecular flexibility index (Phi) is 8.63. The van der Waals surface area contributed by atoms with E-state index in [1.165, 1.54) is 24.4 Å². The van der Waals surface area contributed by atoms with E-state index in [9.17, 15) is 22.8 Å². The summed E-state index contributed by atoms with van der Waals surface area (Å²) in [5, 5.41) is 11.8. The second-order valence-corrected chi connectivity index (χ2v) is 7.90. The van der Waals surface area contributed by atoms with E-state index >= 15 is 0 Å². The lowest BCUT2D eigenvalue weighted by atomic mass is 10.1. The SMILES string of the molecule is O=C(Nc1cc[nH]c(=O)c1)c1cc(C(F)(F)F)ccc1Oc1ccccc1Cl.Oc1ccccc1Cl. The molecule has 4 aromatic rings. The number of aromatic nitrogens is 1. The van der Waals surface area contributed by atoms with Crippen molar-refractivity contribution in [1.82, 2.24) is 4.98 Å². The molecule has 0 bridgehead atoms. The number of carbonyl (C=O) groups excluding carboxylic acids is 1. The lowest BCUT2D eigenvalue weighted by Crippen LogP contribution is -2.16. The molecule has 186 valence electrons. The molecule has 3 N–H and O–H groups in total. The molecule has 0 saturated carbocycles. The molecule has 1 aromatic heterocycles. The Labute approximate surface area is 212 Å². The fraction of sp³-hybridized carbons (Fsp3) is 0.0400. The van der Waals surface area contributed by atoms with E-state index in [4.69, 9.17) is 33.0 Å². The average Bonchev–Trinajstić information content (AvgIpc) is 2.82. The van der Waals surface area contributed by atoms with Gasteiger partial charge in [-0.15, -0.1) is 0 Å². The van der Waals surface area contributed by atoms with Gasteiger partial charge in [0.15, 0.2) is 0 Å². The minimum absolute atomic E-state index is 0.120. The van der Waals surface area contributed by atoms with Crippen LogP contribution in [-0.2, 0) is 6.18 Å². The molecule has 3 aromatic carbocycles. The number of amides is 1. The number of phenols is 1. The van der Waals surface area contributed by atoms with Gasteiger partial charge in [-0.3, -0.25) is 9.59 Å². The Morgan fingerprint density at radius 1 is 0.889 bits per heavy atom. The molecule has 0 spiro atoms. The lowest BCUT2D eigenvalue weighted by molar-refractivity contribution is -0.137. The number of rotatable bonds is 4. The summed E-state index contributed by atoms with van der Waals surface area (Å²) in [6, 6.07) is 18.0. The molecule has 1 heterocycles. The number of ether oxygens (including phenoxy) is 1. The van der Waals surface area contributed by atoms with Crippen molar-refractivity contribution in [2.24, 2.45) is 0 Å². The molecule has 0 fully saturated rings. The Morgan fingerprint density at radius 2 is 1.56 bits per heavy atom. The van der Waals surface area contributed by atoms with Crippen LogP contribution in [0.5, 0.6) is 17.2 Å². The van der Waals surface area contributed by atoms with E-state index < -0.39 is 23.2 Å². The molecule has 4 rings (SSSR count). The van der Waals surface area contributed by atoms with Crippen molar-refractivity contribution in [3.8, 4) is 17.2 Å². The highest BCUT2D eigenvalue weighted by Crippen LogP contribution is 2.36. The van der Waals surface area contributed by atoms with Gasteiger partial charge in [-0.05, 0) is 48.5 Å². The van der Waals surface area contributed by atoms with Crippen LogP contribution in [0.2, 0.25) is 10.0 Å². The van der Waals surface area contributed by atoms with Crippen molar-refractivity contribution < 1.29 is 27.8 Å². The smallest absolute Gasteiger partial charge is 0.416 e. The summed E-state index contributed by atoms with van der Waals surface area (Å²) in [6.07, 6.45) is -3.35. The number of halogens is 5. The largest absolute Gasteiger partial charge is 0.506 e. The maximum atomic E-state index is 13.1. The van der Waals surface area contributed by atoms with Crippen LogP contribution in [0.15, 0.2) is 89.9 Å². The predicted molar refractivity (Wildman–Crippen MR) is 131 cm³/mol. The lowest BCUT2D eigenvalue weighted by Gasteiger charge is -2.15. The summed E-state index contributed by atoms with van der Waals surface area (Å²) in [5.74, 6) is -0.689. The fourth-order valence-electron chi connectivity index (χ4n) is 2.79. The molecule has 0 atom stereocenters. The third kappa shape index (κ3) is 7.27. The minimum Gasteiger partial charge on any atom is -0.506 e. The number of nitrogens with one attached hydrogen (secondary N) is 2. The molecule has 0 radical (unpaired) electrons. The number of anilines is 1. The molecular formula is C25H17Cl2F3N2O4. The van der Waals surface area contributed by atoms with Crippen molar-refractivity contribution in [1.29, 1.82) is 0 Å². The van der Waals surface area contributed by atoms with Crippen molar-refractivity contribution in [3.05, 3.63) is 117 Å². The summed E-state index contributed by atoms with van der Waals surface area (Å²) in [7, 11) is 0. The van der Waals surface area contributed by atoms with Crippen LogP contribution >= 0.6 is 23.2 Å². The van der Waals surface area contributed by atoms with Crippen molar-refractivity contribution >= 4 is 34.8 Å². The topological polar surface area (TPSA) is 91.4 Å². The van der Waals surface area contributed by atoms with Crippen LogP contribution in [0.1, 0.15) is 15.9 Å². The molecule has 1 amide bonds. The first-order chi connectivity index (χ1) is 17.0. The van der Waals surface area contributed by atoms with Crippen molar-refractivity contribution in [2.75, 3.05) is 5.32 Å². The molecule has 0 aliphatic carbocycles. The van der Waals surface area contributed by atoms with Crippen LogP contribution in [-0.4, -0.2) is 16.0 Å². The molecule has 11 heteroatoms. The molecule has 0 unspecified atom stereocenters. The monoisotopic (exact) mass is 536 g/mol. The highest BCUT2D eigenvalue weighted by molar-refractivity contribution is 6.32. The molecule has 6 nitrogen and oxygen atoms in total. The summed E-state index contributed by atoms with van der Waals surface area (Å²) in [6.45, 7) is 0. The zero-order chi connectivity index (χ0) is 26.3. The predicted octanol–water partition coefficient (Wildman–Crippen LogP) is 7.14. The number of phenolic OH excluding ortho intramolecular Hbond substituents is 1. The summed E-state index contributed by atoms with van der Waals surface area (Å²) >= 11 is 11.5. The van der Waals surface area contributed by atoms with Gasteiger partial charge in [0.05, 0.1) is 21.2 Å². The van der Waals surface area contributed by atoms with Crippen LogP contribution in [0.3, 0.4) is 0 Å². The standard InChI is InChI=1S/C19H12ClF3N2O3.C6H5ClO/c20-14-3-1-2-4-16(14)28-15-6-5-11(19(21,22)23)9-13(15)18(27)25-12-7-8-24-17(26)10-12;7-5-3-1-2-4-6(5)8/h1-10H,(H2,24,25,26,27);1-4,8H. The number of H-pyrrole nitrogens is 1. The number of aromatic hydroxyl groups is 1. The number of carbonyl (C=O) groups is 1. The second-order valence-electron chi connectivity index (χ2n) is 7.09. The zero-order valence-corrected chi connectivity index (χ0v) is 19.7. The summed E-state index contributed by atoms with van der Waals surface area (Å²) in [5.41, 5.74) is -1.74. The summed E-state index contributed by atoms with van der Waals surface area (Å²) < 4.78 is 44.8.